The van der Waals surface area contributed by atoms with E-state index in [2.05, 4.69) is 10.1 Å². The molecule has 0 saturated heterocycles. The maximum Gasteiger partial charge on any atom is 0.307 e. The van der Waals surface area contributed by atoms with Gasteiger partial charge in [0.2, 0.25) is 0 Å². The summed E-state index contributed by atoms with van der Waals surface area (Å²) < 4.78 is 34.1. The van der Waals surface area contributed by atoms with E-state index in [9.17, 15) is 13.2 Å². The fourth-order valence-corrected chi connectivity index (χ4v) is 4.26. The number of carbonyl (C=O) groups is 1. The maximum absolute atomic E-state index is 12.0. The Morgan fingerprint density at radius 1 is 1.43 bits per heavy atom. The predicted molar refractivity (Wildman–Crippen MR) is 74.2 cm³/mol. The first-order valence-electron chi connectivity index (χ1n) is 7.10. The molecule has 0 radical (unpaired) electrons. The number of hydrogen-bond donors (Lipinski definition) is 0. The van der Waals surface area contributed by atoms with Gasteiger partial charge >= 0.3 is 5.97 Å². The lowest BCUT2D eigenvalue weighted by atomic mass is 10.4. The molecule has 1 atom stereocenters. The quantitative estimate of drug-likeness (QED) is 0.737. The SMILES string of the molecule is Cc1noc(C(C)OC(=O)CCS(=O)(=O)C2CCCC2)n1. The van der Waals surface area contributed by atoms with Gasteiger partial charge in [0.05, 0.1) is 17.4 Å². The van der Waals surface area contributed by atoms with Crippen LogP contribution in [0.2, 0.25) is 0 Å². The zero-order valence-electron chi connectivity index (χ0n) is 12.2. The summed E-state index contributed by atoms with van der Waals surface area (Å²) in [5.41, 5.74) is 0. The molecule has 1 heterocycles. The normalized spacial score (nSPS) is 17.8. The van der Waals surface area contributed by atoms with Crippen LogP contribution in [0.25, 0.3) is 0 Å². The van der Waals surface area contributed by atoms with Gasteiger partial charge in [0.25, 0.3) is 5.89 Å². The largest absolute Gasteiger partial charge is 0.452 e. The standard InChI is InChI=1S/C13H20N2O5S/c1-9(13-14-10(2)15-20-13)19-12(16)7-8-21(17,18)11-5-3-4-6-11/h9,11H,3-8H2,1-2H3. The van der Waals surface area contributed by atoms with Gasteiger partial charge in [-0.2, -0.15) is 4.98 Å². The number of esters is 1. The van der Waals surface area contributed by atoms with Gasteiger partial charge in [-0.25, -0.2) is 8.42 Å². The maximum atomic E-state index is 12.0. The van der Waals surface area contributed by atoms with Crippen molar-refractivity contribution in [3.05, 3.63) is 11.7 Å². The van der Waals surface area contributed by atoms with Crippen LogP contribution in [0.4, 0.5) is 0 Å². The highest BCUT2D eigenvalue weighted by atomic mass is 32.2. The van der Waals surface area contributed by atoms with Gasteiger partial charge in [0, 0.05) is 0 Å². The van der Waals surface area contributed by atoms with Crippen LogP contribution in [-0.4, -0.2) is 35.5 Å². The van der Waals surface area contributed by atoms with Crippen LogP contribution in [0.5, 0.6) is 0 Å². The molecule has 118 valence electrons. The van der Waals surface area contributed by atoms with Crippen LogP contribution >= 0.6 is 0 Å². The Labute approximate surface area is 124 Å². The molecule has 1 unspecified atom stereocenters. The number of rotatable bonds is 6. The Morgan fingerprint density at radius 2 is 2.10 bits per heavy atom. The minimum atomic E-state index is -3.20. The van der Waals surface area contributed by atoms with Gasteiger partial charge in [-0.3, -0.25) is 4.79 Å². The summed E-state index contributed by atoms with van der Waals surface area (Å²) in [5, 5.41) is 3.32. The minimum absolute atomic E-state index is 0.143. The van der Waals surface area contributed by atoms with Crippen molar-refractivity contribution in [1.29, 1.82) is 0 Å². The molecule has 2 rings (SSSR count). The van der Waals surface area contributed by atoms with Crippen LogP contribution < -0.4 is 0 Å². The van der Waals surface area contributed by atoms with Crippen LogP contribution in [0.15, 0.2) is 4.52 Å². The first-order valence-corrected chi connectivity index (χ1v) is 8.81. The highest BCUT2D eigenvalue weighted by Crippen LogP contribution is 2.25. The van der Waals surface area contributed by atoms with E-state index in [0.717, 1.165) is 12.8 Å². The van der Waals surface area contributed by atoms with Crippen molar-refractivity contribution < 1.29 is 22.5 Å². The summed E-state index contributed by atoms with van der Waals surface area (Å²) in [6, 6.07) is 0. The van der Waals surface area contributed by atoms with E-state index in [0.29, 0.717) is 18.7 Å². The van der Waals surface area contributed by atoms with Gasteiger partial charge < -0.3 is 9.26 Å². The van der Waals surface area contributed by atoms with Crippen molar-refractivity contribution in [2.24, 2.45) is 0 Å². The van der Waals surface area contributed by atoms with E-state index in [1.54, 1.807) is 13.8 Å². The van der Waals surface area contributed by atoms with Crippen LogP contribution in [0.1, 0.15) is 56.8 Å². The molecule has 0 N–H and O–H groups in total. The number of carbonyl (C=O) groups excluding carboxylic acids is 1. The number of nitrogens with zero attached hydrogens (tertiary/aromatic N) is 2. The lowest BCUT2D eigenvalue weighted by Gasteiger charge is -2.12. The molecule has 0 amide bonds. The van der Waals surface area contributed by atoms with E-state index in [1.165, 1.54) is 0 Å². The van der Waals surface area contributed by atoms with Gasteiger partial charge in [-0.05, 0) is 26.7 Å². The van der Waals surface area contributed by atoms with Crippen molar-refractivity contribution in [2.75, 3.05) is 5.75 Å². The molecule has 1 fully saturated rings. The molecule has 0 bridgehead atoms. The smallest absolute Gasteiger partial charge is 0.307 e. The average Bonchev–Trinajstić information content (AvgIpc) is 3.07. The lowest BCUT2D eigenvalue weighted by Crippen LogP contribution is -2.23. The van der Waals surface area contributed by atoms with Crippen molar-refractivity contribution in [1.82, 2.24) is 10.1 Å². The molecule has 0 aliphatic heterocycles. The molecule has 0 spiro atoms. The van der Waals surface area contributed by atoms with Crippen LogP contribution in [0, 0.1) is 6.92 Å². The van der Waals surface area contributed by atoms with E-state index in [1.807, 2.05) is 0 Å². The second-order valence-corrected chi connectivity index (χ2v) is 7.74. The Kier molecular flexibility index (Phi) is 4.97. The second kappa shape index (κ2) is 6.55. The molecule has 7 nitrogen and oxygen atoms in total. The molecular weight excluding hydrogens is 296 g/mol. The molecule has 21 heavy (non-hydrogen) atoms. The number of sulfone groups is 1. The first kappa shape index (κ1) is 15.9. The monoisotopic (exact) mass is 316 g/mol. The highest BCUT2D eigenvalue weighted by Gasteiger charge is 2.29. The molecule has 1 aromatic rings. The molecule has 1 saturated carbocycles. The summed E-state index contributed by atoms with van der Waals surface area (Å²) in [4.78, 5) is 15.7. The van der Waals surface area contributed by atoms with Gasteiger partial charge in [-0.1, -0.05) is 18.0 Å². The van der Waals surface area contributed by atoms with Crippen LogP contribution in [0.3, 0.4) is 0 Å². The first-order chi connectivity index (χ1) is 9.88. The molecule has 8 heteroatoms. The lowest BCUT2D eigenvalue weighted by molar-refractivity contribution is -0.149. The van der Waals surface area contributed by atoms with Crippen LogP contribution in [-0.2, 0) is 19.4 Å². The van der Waals surface area contributed by atoms with Crippen molar-refractivity contribution >= 4 is 15.8 Å². The minimum Gasteiger partial charge on any atom is -0.452 e. The third-order valence-corrected chi connectivity index (χ3v) is 5.86. The average molecular weight is 316 g/mol. The summed E-state index contributed by atoms with van der Waals surface area (Å²) >= 11 is 0. The van der Waals surface area contributed by atoms with E-state index >= 15 is 0 Å². The fraction of sp³-hybridized carbons (Fsp3) is 0.769. The van der Waals surface area contributed by atoms with E-state index in [4.69, 9.17) is 9.26 Å². The topological polar surface area (TPSA) is 99.4 Å². The Morgan fingerprint density at radius 3 is 2.67 bits per heavy atom. The van der Waals surface area contributed by atoms with Crippen molar-refractivity contribution in [2.45, 2.75) is 57.3 Å². The van der Waals surface area contributed by atoms with Gasteiger partial charge in [-0.15, -0.1) is 0 Å². The summed E-state index contributed by atoms with van der Waals surface area (Å²) in [5.74, 6) is -0.0670. The third-order valence-electron chi connectivity index (χ3n) is 3.60. The summed E-state index contributed by atoms with van der Waals surface area (Å²) in [7, 11) is -3.20. The number of aromatic nitrogens is 2. The number of ether oxygens (including phenoxy) is 1. The van der Waals surface area contributed by atoms with E-state index in [-0.39, 0.29) is 23.3 Å². The molecule has 0 aromatic carbocycles. The second-order valence-electron chi connectivity index (χ2n) is 5.34. The van der Waals surface area contributed by atoms with Crippen molar-refractivity contribution in [3.63, 3.8) is 0 Å². The fourth-order valence-electron chi connectivity index (χ4n) is 2.42. The zero-order chi connectivity index (χ0) is 15.5. The summed E-state index contributed by atoms with van der Waals surface area (Å²) in [6.07, 6.45) is 2.48. The molecular formula is C13H20N2O5S. The van der Waals surface area contributed by atoms with E-state index < -0.39 is 21.9 Å². The summed E-state index contributed by atoms with van der Waals surface area (Å²) in [6.45, 7) is 3.27. The number of aryl methyl sites for hydroxylation is 1. The molecule has 1 aromatic heterocycles. The Hall–Kier alpha value is -1.44. The van der Waals surface area contributed by atoms with Gasteiger partial charge in [0.15, 0.2) is 21.8 Å². The Balaban J connectivity index is 1.82. The molecule has 1 aliphatic carbocycles. The third kappa shape index (κ3) is 4.26. The van der Waals surface area contributed by atoms with Gasteiger partial charge in [0.1, 0.15) is 0 Å². The Bertz CT molecular complexity index is 589. The molecule has 1 aliphatic rings. The highest BCUT2D eigenvalue weighted by molar-refractivity contribution is 7.92. The van der Waals surface area contributed by atoms with Crippen molar-refractivity contribution in [3.8, 4) is 0 Å². The predicted octanol–water partition coefficient (Wildman–Crippen LogP) is 1.73. The zero-order valence-corrected chi connectivity index (χ0v) is 13.1. The number of hydrogen-bond acceptors (Lipinski definition) is 7.